The van der Waals surface area contributed by atoms with E-state index < -0.39 is 11.0 Å². The number of nitrogens with zero attached hydrogens (tertiary/aromatic N) is 1. The van der Waals surface area contributed by atoms with Crippen molar-refractivity contribution in [2.45, 2.75) is 38.0 Å². The number of aromatic nitrogens is 1. The van der Waals surface area contributed by atoms with Crippen LogP contribution in [-0.4, -0.2) is 15.0 Å². The van der Waals surface area contributed by atoms with Gasteiger partial charge in [-0.2, -0.15) is 0 Å². The zero-order chi connectivity index (χ0) is 21.2. The highest BCUT2D eigenvalue weighted by atomic mass is 35.5. The van der Waals surface area contributed by atoms with Crippen molar-refractivity contribution in [2.75, 3.05) is 4.72 Å². The summed E-state index contributed by atoms with van der Waals surface area (Å²) in [7, 11) is -1.52. The Balaban J connectivity index is 1.88. The number of halogens is 1. The summed E-state index contributed by atoms with van der Waals surface area (Å²) >= 11 is 6.12. The van der Waals surface area contributed by atoms with Gasteiger partial charge in [0, 0.05) is 28.0 Å². The van der Waals surface area contributed by atoms with Crippen molar-refractivity contribution in [1.29, 1.82) is 0 Å². The maximum Gasteiger partial charge on any atom is 0.196 e. The number of carbonyl (C=O) groups is 1. The van der Waals surface area contributed by atoms with Crippen molar-refractivity contribution in [2.24, 2.45) is 0 Å². The molecular weight excluding hydrogens is 404 g/mol. The Morgan fingerprint density at radius 2 is 1.72 bits per heavy atom. The summed E-state index contributed by atoms with van der Waals surface area (Å²) in [4.78, 5) is 17.8. The van der Waals surface area contributed by atoms with Crippen LogP contribution in [0.2, 0.25) is 5.02 Å². The third-order valence-electron chi connectivity index (χ3n) is 4.54. The highest BCUT2D eigenvalue weighted by Crippen LogP contribution is 2.26. The molecule has 29 heavy (non-hydrogen) atoms. The molecule has 1 heterocycles. The van der Waals surface area contributed by atoms with Crippen LogP contribution < -0.4 is 4.72 Å². The molecule has 0 radical (unpaired) electrons. The lowest BCUT2D eigenvalue weighted by Gasteiger charge is -2.19. The molecule has 3 rings (SSSR count). The van der Waals surface area contributed by atoms with Gasteiger partial charge in [0.25, 0.3) is 0 Å². The molecule has 0 aliphatic heterocycles. The van der Waals surface area contributed by atoms with Crippen molar-refractivity contribution in [1.82, 2.24) is 4.98 Å². The lowest BCUT2D eigenvalue weighted by Crippen LogP contribution is -2.13. The minimum Gasteiger partial charge on any atom is -0.300 e. The first-order chi connectivity index (χ1) is 13.6. The molecule has 0 amide bonds. The molecule has 4 nitrogen and oxygen atoms in total. The lowest BCUT2D eigenvalue weighted by atomic mass is 9.87. The van der Waals surface area contributed by atoms with Gasteiger partial charge in [-0.3, -0.25) is 9.78 Å². The van der Waals surface area contributed by atoms with Gasteiger partial charge >= 0.3 is 0 Å². The molecule has 0 saturated heterocycles. The standard InChI is InChI=1S/C23H23ClN2O2S/c1-15-5-6-16(14-25-15)22(27)20-13-18(24)9-12-21(20)26-29(28)19-10-7-17(8-11-19)23(2,3)4/h5-14,26H,1-4H3. The minimum absolute atomic E-state index is 0.0191. The fourth-order valence-corrected chi connectivity index (χ4v) is 3.84. The van der Waals surface area contributed by atoms with Crippen LogP contribution in [0.25, 0.3) is 0 Å². The molecule has 1 N–H and O–H groups in total. The number of carbonyl (C=O) groups excluding carboxylic acids is 1. The highest BCUT2D eigenvalue weighted by Gasteiger charge is 2.18. The second kappa shape index (κ2) is 8.47. The van der Waals surface area contributed by atoms with E-state index in [-0.39, 0.29) is 11.2 Å². The maximum absolute atomic E-state index is 13.0. The maximum atomic E-state index is 13.0. The van der Waals surface area contributed by atoms with Crippen LogP contribution in [-0.2, 0) is 16.4 Å². The average molecular weight is 427 g/mol. The monoisotopic (exact) mass is 426 g/mol. The van der Waals surface area contributed by atoms with Gasteiger partial charge in [-0.15, -0.1) is 0 Å². The van der Waals surface area contributed by atoms with E-state index in [2.05, 4.69) is 30.5 Å². The molecular formula is C23H23ClN2O2S. The smallest absolute Gasteiger partial charge is 0.196 e. The van der Waals surface area contributed by atoms with Crippen LogP contribution in [0.5, 0.6) is 0 Å². The highest BCUT2D eigenvalue weighted by molar-refractivity contribution is 7.86. The Bertz CT molecular complexity index is 1060. The summed E-state index contributed by atoms with van der Waals surface area (Å²) < 4.78 is 15.8. The normalized spacial score (nSPS) is 12.4. The van der Waals surface area contributed by atoms with Gasteiger partial charge in [-0.1, -0.05) is 44.5 Å². The van der Waals surface area contributed by atoms with Gasteiger partial charge in [0.05, 0.1) is 10.6 Å². The second-order valence-corrected chi connectivity index (χ2v) is 9.50. The summed E-state index contributed by atoms with van der Waals surface area (Å²) in [5.41, 5.74) is 3.26. The molecule has 0 fully saturated rings. The zero-order valence-electron chi connectivity index (χ0n) is 16.8. The van der Waals surface area contributed by atoms with E-state index in [9.17, 15) is 9.00 Å². The predicted octanol–water partition coefficient (Wildman–Crippen LogP) is 5.71. The Labute approximate surface area is 178 Å². The molecule has 1 unspecified atom stereocenters. The summed E-state index contributed by atoms with van der Waals surface area (Å²) in [5.74, 6) is -0.234. The zero-order valence-corrected chi connectivity index (χ0v) is 18.4. The fraction of sp³-hybridized carbons (Fsp3) is 0.217. The van der Waals surface area contributed by atoms with E-state index in [1.165, 1.54) is 6.20 Å². The number of hydrogen-bond donors (Lipinski definition) is 1. The Morgan fingerprint density at radius 1 is 1.03 bits per heavy atom. The number of nitrogens with one attached hydrogen (secondary N) is 1. The molecule has 0 saturated carbocycles. The number of ketones is 1. The van der Waals surface area contributed by atoms with E-state index >= 15 is 0 Å². The SMILES string of the molecule is Cc1ccc(C(=O)c2cc(Cl)ccc2NS(=O)c2ccc(C(C)(C)C)cc2)cn1. The molecule has 6 heteroatoms. The van der Waals surface area contributed by atoms with E-state index in [4.69, 9.17) is 11.6 Å². The van der Waals surface area contributed by atoms with Crippen molar-refractivity contribution < 1.29 is 9.00 Å². The molecule has 150 valence electrons. The first kappa shape index (κ1) is 21.2. The van der Waals surface area contributed by atoms with Crippen molar-refractivity contribution in [3.63, 3.8) is 0 Å². The summed E-state index contributed by atoms with van der Waals surface area (Å²) in [5, 5.41) is 0.430. The van der Waals surface area contributed by atoms with E-state index in [0.717, 1.165) is 11.3 Å². The Morgan fingerprint density at radius 3 is 2.31 bits per heavy atom. The molecule has 1 aromatic heterocycles. The number of benzene rings is 2. The second-order valence-electron chi connectivity index (χ2n) is 7.85. The fourth-order valence-electron chi connectivity index (χ4n) is 2.79. The van der Waals surface area contributed by atoms with E-state index in [1.54, 1.807) is 30.3 Å². The molecule has 0 aliphatic carbocycles. The van der Waals surface area contributed by atoms with Crippen LogP contribution in [0.3, 0.4) is 0 Å². The largest absolute Gasteiger partial charge is 0.300 e. The van der Waals surface area contributed by atoms with Gasteiger partial charge in [-0.25, -0.2) is 4.21 Å². The number of hydrogen-bond acceptors (Lipinski definition) is 3. The number of pyridine rings is 1. The molecule has 1 atom stereocenters. The molecule has 3 aromatic rings. The first-order valence-electron chi connectivity index (χ1n) is 9.21. The first-order valence-corrected chi connectivity index (χ1v) is 10.7. The van der Waals surface area contributed by atoms with Crippen molar-refractivity contribution in [3.05, 3.63) is 88.2 Å². The molecule has 0 aliphatic rings. The summed E-state index contributed by atoms with van der Waals surface area (Å²) in [6.45, 7) is 8.24. The van der Waals surface area contributed by atoms with Crippen LogP contribution >= 0.6 is 11.6 Å². The minimum atomic E-state index is -1.52. The number of anilines is 1. The van der Waals surface area contributed by atoms with Crippen LogP contribution in [0, 0.1) is 6.92 Å². The van der Waals surface area contributed by atoms with Gasteiger partial charge in [0.15, 0.2) is 5.78 Å². The third-order valence-corrected chi connectivity index (χ3v) is 5.88. The average Bonchev–Trinajstić information content (AvgIpc) is 2.69. The van der Waals surface area contributed by atoms with Crippen molar-refractivity contribution in [3.8, 4) is 0 Å². The third kappa shape index (κ3) is 5.11. The van der Waals surface area contributed by atoms with Crippen molar-refractivity contribution >= 4 is 34.1 Å². The molecule has 2 aromatic carbocycles. The quantitative estimate of drug-likeness (QED) is 0.532. The molecule has 0 spiro atoms. The van der Waals surface area contributed by atoms with E-state index in [1.807, 2.05) is 31.2 Å². The van der Waals surface area contributed by atoms with E-state index in [0.29, 0.717) is 26.7 Å². The Hall–Kier alpha value is -2.50. The topological polar surface area (TPSA) is 59.1 Å². The lowest BCUT2D eigenvalue weighted by molar-refractivity contribution is 0.103. The Kier molecular flexibility index (Phi) is 6.20. The molecule has 0 bridgehead atoms. The predicted molar refractivity (Wildman–Crippen MR) is 119 cm³/mol. The van der Waals surface area contributed by atoms with Crippen LogP contribution in [0.15, 0.2) is 65.7 Å². The summed E-state index contributed by atoms with van der Waals surface area (Å²) in [6, 6.07) is 16.0. The van der Waals surface area contributed by atoms with Gasteiger partial charge < -0.3 is 4.72 Å². The van der Waals surface area contributed by atoms with Gasteiger partial charge in [0.2, 0.25) is 0 Å². The number of rotatable bonds is 5. The summed E-state index contributed by atoms with van der Waals surface area (Å²) in [6.07, 6.45) is 1.53. The van der Waals surface area contributed by atoms with Gasteiger partial charge in [-0.05, 0) is 60.4 Å². The number of aryl methyl sites for hydroxylation is 1. The van der Waals surface area contributed by atoms with Crippen LogP contribution in [0.1, 0.15) is 48.0 Å². The van der Waals surface area contributed by atoms with Gasteiger partial charge in [0.1, 0.15) is 11.0 Å². The van der Waals surface area contributed by atoms with Crippen LogP contribution in [0.4, 0.5) is 5.69 Å².